The number of allylic oxidation sites excluding steroid dienone is 1. The van der Waals surface area contributed by atoms with Gasteiger partial charge in [0.25, 0.3) is 0 Å². The summed E-state index contributed by atoms with van der Waals surface area (Å²) in [7, 11) is 0. The lowest BCUT2D eigenvalue weighted by Gasteiger charge is -2.07. The summed E-state index contributed by atoms with van der Waals surface area (Å²) in [6.07, 6.45) is 0.613. The van der Waals surface area contributed by atoms with E-state index in [9.17, 15) is 14.4 Å². The monoisotopic (exact) mass is 322 g/mol. The molecule has 0 saturated heterocycles. The van der Waals surface area contributed by atoms with Crippen LogP contribution < -0.4 is 0 Å². The lowest BCUT2D eigenvalue weighted by atomic mass is 9.96. The SMILES string of the molecule is C=C(C(=O)c1ccc(/C(=C/C(=O)O)C(=O)O)cc1)c1ccccc1. The van der Waals surface area contributed by atoms with Crippen LogP contribution in [-0.2, 0) is 9.59 Å². The largest absolute Gasteiger partial charge is 0.478 e. The second-order valence-corrected chi connectivity index (χ2v) is 4.95. The Kier molecular flexibility index (Phi) is 5.06. The van der Waals surface area contributed by atoms with E-state index >= 15 is 0 Å². The maximum Gasteiger partial charge on any atom is 0.336 e. The molecule has 2 rings (SSSR count). The molecule has 2 N–H and O–H groups in total. The minimum absolute atomic E-state index is 0.201. The van der Waals surface area contributed by atoms with Gasteiger partial charge in [0, 0.05) is 17.2 Å². The van der Waals surface area contributed by atoms with Crippen molar-refractivity contribution in [3.8, 4) is 0 Å². The molecule has 0 unspecified atom stereocenters. The van der Waals surface area contributed by atoms with Gasteiger partial charge in [-0.2, -0.15) is 0 Å². The Labute approximate surface area is 138 Å². The van der Waals surface area contributed by atoms with Crippen LogP contribution >= 0.6 is 0 Å². The number of carboxylic acid groups (broad SMARTS) is 2. The van der Waals surface area contributed by atoms with E-state index in [1.165, 1.54) is 24.3 Å². The Morgan fingerprint density at radius 2 is 1.33 bits per heavy atom. The molecule has 0 heterocycles. The molecule has 0 fully saturated rings. The summed E-state index contributed by atoms with van der Waals surface area (Å²) in [5.41, 5.74) is 1.20. The fourth-order valence-corrected chi connectivity index (χ4v) is 2.14. The zero-order chi connectivity index (χ0) is 17.7. The number of hydrogen-bond acceptors (Lipinski definition) is 3. The fraction of sp³-hybridized carbons (Fsp3) is 0. The van der Waals surface area contributed by atoms with Crippen LogP contribution in [0.4, 0.5) is 0 Å². The van der Waals surface area contributed by atoms with Gasteiger partial charge in [-0.25, -0.2) is 9.59 Å². The number of Topliss-reactive ketones (excluding diaryl/α,β-unsaturated/α-hetero) is 1. The van der Waals surface area contributed by atoms with Crippen molar-refractivity contribution in [2.75, 3.05) is 0 Å². The number of hydrogen-bond donors (Lipinski definition) is 2. The first kappa shape index (κ1) is 16.9. The maximum absolute atomic E-state index is 12.4. The highest BCUT2D eigenvalue weighted by molar-refractivity contribution is 6.28. The molecule has 0 spiro atoms. The molecule has 0 bridgehead atoms. The van der Waals surface area contributed by atoms with Gasteiger partial charge in [-0.1, -0.05) is 61.2 Å². The van der Waals surface area contributed by atoms with Crippen LogP contribution in [0.2, 0.25) is 0 Å². The number of carbonyl (C=O) groups is 3. The zero-order valence-electron chi connectivity index (χ0n) is 12.6. The summed E-state index contributed by atoms with van der Waals surface area (Å²) in [5.74, 6) is -3.00. The highest BCUT2D eigenvalue weighted by Crippen LogP contribution is 2.20. The van der Waals surface area contributed by atoms with E-state index in [-0.39, 0.29) is 16.9 Å². The molecular weight excluding hydrogens is 308 g/mol. The maximum atomic E-state index is 12.4. The summed E-state index contributed by atoms with van der Waals surface area (Å²) in [4.78, 5) is 34.3. The highest BCUT2D eigenvalue weighted by Gasteiger charge is 2.15. The van der Waals surface area contributed by atoms with Gasteiger partial charge in [0.05, 0.1) is 5.57 Å². The van der Waals surface area contributed by atoms with E-state index in [2.05, 4.69) is 6.58 Å². The first-order chi connectivity index (χ1) is 11.4. The van der Waals surface area contributed by atoms with Crippen LogP contribution in [0.1, 0.15) is 21.5 Å². The molecule has 0 amide bonds. The summed E-state index contributed by atoms with van der Waals surface area (Å²) in [6, 6.07) is 14.7. The second-order valence-electron chi connectivity index (χ2n) is 4.95. The lowest BCUT2D eigenvalue weighted by molar-refractivity contribution is -0.133. The minimum Gasteiger partial charge on any atom is -0.478 e. The Hall–Kier alpha value is -3.47. The highest BCUT2D eigenvalue weighted by atomic mass is 16.4. The number of aliphatic carboxylic acids is 2. The molecule has 0 aliphatic carbocycles. The standard InChI is InChI=1S/C19H14O5/c1-12(13-5-3-2-4-6-13)18(22)15-9-7-14(8-10-15)16(19(23)24)11-17(20)21/h2-11H,1H2,(H,20,21)(H,23,24)/b16-11-. The van der Waals surface area contributed by atoms with Crippen LogP contribution in [-0.4, -0.2) is 27.9 Å². The number of benzene rings is 2. The van der Waals surface area contributed by atoms with Crippen molar-refractivity contribution in [2.45, 2.75) is 0 Å². The van der Waals surface area contributed by atoms with Crippen molar-refractivity contribution in [3.63, 3.8) is 0 Å². The third-order valence-corrected chi connectivity index (χ3v) is 3.35. The molecule has 120 valence electrons. The van der Waals surface area contributed by atoms with Gasteiger partial charge < -0.3 is 10.2 Å². The molecule has 0 aliphatic heterocycles. The number of rotatable bonds is 6. The summed E-state index contributed by atoms with van der Waals surface area (Å²) >= 11 is 0. The molecule has 24 heavy (non-hydrogen) atoms. The average molecular weight is 322 g/mol. The number of carbonyl (C=O) groups excluding carboxylic acids is 1. The molecule has 0 aliphatic rings. The number of ketones is 1. The van der Waals surface area contributed by atoms with Gasteiger partial charge in [0.2, 0.25) is 0 Å². The van der Waals surface area contributed by atoms with Crippen LogP contribution in [0.15, 0.2) is 67.3 Å². The molecule has 0 radical (unpaired) electrons. The molecule has 5 heteroatoms. The topological polar surface area (TPSA) is 91.7 Å². The fourth-order valence-electron chi connectivity index (χ4n) is 2.14. The van der Waals surface area contributed by atoms with Crippen LogP contribution in [0, 0.1) is 0 Å². The van der Waals surface area contributed by atoms with Gasteiger partial charge in [0.1, 0.15) is 0 Å². The predicted molar refractivity (Wildman–Crippen MR) is 89.5 cm³/mol. The molecule has 5 nitrogen and oxygen atoms in total. The third-order valence-electron chi connectivity index (χ3n) is 3.35. The Balaban J connectivity index is 2.29. The zero-order valence-corrected chi connectivity index (χ0v) is 12.6. The first-order valence-corrected chi connectivity index (χ1v) is 6.97. The van der Waals surface area contributed by atoms with Crippen molar-refractivity contribution >= 4 is 28.9 Å². The average Bonchev–Trinajstić information content (AvgIpc) is 2.59. The predicted octanol–water partition coefficient (Wildman–Crippen LogP) is 3.14. The second kappa shape index (κ2) is 7.19. The van der Waals surface area contributed by atoms with Gasteiger partial charge in [-0.15, -0.1) is 0 Å². The van der Waals surface area contributed by atoms with E-state index < -0.39 is 11.9 Å². The molecular formula is C19H14O5. The first-order valence-electron chi connectivity index (χ1n) is 6.97. The van der Waals surface area contributed by atoms with Crippen LogP contribution in [0.3, 0.4) is 0 Å². The number of carboxylic acids is 2. The van der Waals surface area contributed by atoms with Gasteiger partial charge in [-0.05, 0) is 11.1 Å². The summed E-state index contributed by atoms with van der Waals surface area (Å²) < 4.78 is 0. The minimum atomic E-state index is -1.36. The third kappa shape index (κ3) is 3.84. The van der Waals surface area contributed by atoms with E-state index in [0.29, 0.717) is 22.8 Å². The summed E-state index contributed by atoms with van der Waals surface area (Å²) in [5, 5.41) is 17.8. The molecule has 2 aromatic rings. The van der Waals surface area contributed by atoms with E-state index in [1.54, 1.807) is 24.3 Å². The van der Waals surface area contributed by atoms with Crippen LogP contribution in [0.5, 0.6) is 0 Å². The summed E-state index contributed by atoms with van der Waals surface area (Å²) in [6.45, 7) is 3.79. The molecule has 0 saturated carbocycles. The Morgan fingerprint density at radius 1 is 0.792 bits per heavy atom. The van der Waals surface area contributed by atoms with Crippen molar-refractivity contribution in [3.05, 3.63) is 83.9 Å². The molecule has 2 aromatic carbocycles. The van der Waals surface area contributed by atoms with Gasteiger partial charge in [-0.3, -0.25) is 4.79 Å². The van der Waals surface area contributed by atoms with Gasteiger partial charge >= 0.3 is 11.9 Å². The Morgan fingerprint density at radius 3 is 1.83 bits per heavy atom. The van der Waals surface area contributed by atoms with Crippen molar-refractivity contribution in [2.24, 2.45) is 0 Å². The lowest BCUT2D eigenvalue weighted by Crippen LogP contribution is -2.05. The Bertz CT molecular complexity index is 830. The van der Waals surface area contributed by atoms with Crippen molar-refractivity contribution in [1.82, 2.24) is 0 Å². The van der Waals surface area contributed by atoms with Crippen molar-refractivity contribution < 1.29 is 24.6 Å². The smallest absolute Gasteiger partial charge is 0.336 e. The van der Waals surface area contributed by atoms with Gasteiger partial charge in [0.15, 0.2) is 5.78 Å². The normalized spacial score (nSPS) is 10.9. The van der Waals surface area contributed by atoms with E-state index in [1.807, 2.05) is 6.07 Å². The van der Waals surface area contributed by atoms with E-state index in [0.717, 1.165) is 0 Å². The molecule has 0 atom stereocenters. The quantitative estimate of drug-likeness (QED) is 0.630. The molecule has 0 aromatic heterocycles. The van der Waals surface area contributed by atoms with Crippen LogP contribution in [0.25, 0.3) is 11.1 Å². The van der Waals surface area contributed by atoms with E-state index in [4.69, 9.17) is 10.2 Å². The van der Waals surface area contributed by atoms with Crippen molar-refractivity contribution in [1.29, 1.82) is 0 Å².